The van der Waals surface area contributed by atoms with Crippen LogP contribution in [0, 0.1) is 6.92 Å². The largest absolute Gasteiger partial charge is 0.468 e. The highest BCUT2D eigenvalue weighted by Gasteiger charge is 2.10. The van der Waals surface area contributed by atoms with Crippen LogP contribution in [0.15, 0.2) is 45.5 Å². The molecule has 5 heteroatoms. The van der Waals surface area contributed by atoms with Crippen molar-refractivity contribution in [2.75, 3.05) is 11.9 Å². The Morgan fingerprint density at radius 2 is 2.20 bits per heavy atom. The zero-order valence-electron chi connectivity index (χ0n) is 11.4. The molecule has 2 N–H and O–H groups in total. The average Bonchev–Trinajstić information content (AvgIpc) is 2.94. The lowest BCUT2D eigenvalue weighted by molar-refractivity contribution is -0.115. The number of benzene rings is 1. The number of carbonyl (C=O) groups is 1. The highest BCUT2D eigenvalue weighted by atomic mass is 79.9. The van der Waals surface area contributed by atoms with Gasteiger partial charge in [-0.15, -0.1) is 0 Å². The second-order valence-corrected chi connectivity index (χ2v) is 5.48. The van der Waals surface area contributed by atoms with Gasteiger partial charge in [0, 0.05) is 10.2 Å². The molecule has 0 aliphatic rings. The van der Waals surface area contributed by atoms with E-state index < -0.39 is 0 Å². The summed E-state index contributed by atoms with van der Waals surface area (Å²) >= 11 is 3.43. The van der Waals surface area contributed by atoms with Crippen molar-refractivity contribution >= 4 is 27.5 Å². The fraction of sp³-hybridized carbons (Fsp3) is 0.267. The van der Waals surface area contributed by atoms with Gasteiger partial charge in [-0.05, 0) is 49.7 Å². The number of hydrogen-bond donors (Lipinski definition) is 2. The first-order valence-electron chi connectivity index (χ1n) is 6.39. The van der Waals surface area contributed by atoms with Crippen molar-refractivity contribution in [1.82, 2.24) is 5.32 Å². The molecule has 0 spiro atoms. The van der Waals surface area contributed by atoms with Crippen molar-refractivity contribution in [2.45, 2.75) is 19.9 Å². The number of halogens is 1. The van der Waals surface area contributed by atoms with Gasteiger partial charge in [0.2, 0.25) is 5.91 Å². The molecule has 0 saturated carbocycles. The molecule has 1 amide bonds. The normalized spacial score (nSPS) is 12.2. The predicted octanol–water partition coefficient (Wildman–Crippen LogP) is 3.64. The van der Waals surface area contributed by atoms with Crippen molar-refractivity contribution < 1.29 is 9.21 Å². The van der Waals surface area contributed by atoms with Crippen molar-refractivity contribution in [1.29, 1.82) is 0 Å². The maximum atomic E-state index is 11.9. The fourth-order valence-electron chi connectivity index (χ4n) is 1.81. The van der Waals surface area contributed by atoms with Gasteiger partial charge in [-0.3, -0.25) is 10.1 Å². The summed E-state index contributed by atoms with van der Waals surface area (Å²) in [6.45, 7) is 4.17. The van der Waals surface area contributed by atoms with Crippen LogP contribution < -0.4 is 10.6 Å². The third-order valence-corrected chi connectivity index (χ3v) is 3.87. The number of amides is 1. The van der Waals surface area contributed by atoms with Crippen LogP contribution in [0.5, 0.6) is 0 Å². The van der Waals surface area contributed by atoms with E-state index in [-0.39, 0.29) is 18.5 Å². The second-order valence-electron chi connectivity index (χ2n) is 4.63. The zero-order chi connectivity index (χ0) is 14.5. The number of rotatable bonds is 5. The van der Waals surface area contributed by atoms with Crippen LogP contribution in [0.25, 0.3) is 0 Å². The highest BCUT2D eigenvalue weighted by molar-refractivity contribution is 9.10. The van der Waals surface area contributed by atoms with Gasteiger partial charge in [0.15, 0.2) is 0 Å². The van der Waals surface area contributed by atoms with Gasteiger partial charge in [-0.2, -0.15) is 0 Å². The Morgan fingerprint density at radius 3 is 2.85 bits per heavy atom. The minimum atomic E-state index is -0.0786. The van der Waals surface area contributed by atoms with Gasteiger partial charge < -0.3 is 9.73 Å². The van der Waals surface area contributed by atoms with E-state index in [1.807, 2.05) is 44.2 Å². The molecule has 1 aromatic carbocycles. The number of aryl methyl sites for hydroxylation is 1. The van der Waals surface area contributed by atoms with E-state index in [9.17, 15) is 4.79 Å². The van der Waals surface area contributed by atoms with Crippen molar-refractivity contribution in [3.8, 4) is 0 Å². The smallest absolute Gasteiger partial charge is 0.238 e. The van der Waals surface area contributed by atoms with Crippen LogP contribution in [-0.2, 0) is 4.79 Å². The van der Waals surface area contributed by atoms with Crippen LogP contribution >= 0.6 is 15.9 Å². The maximum absolute atomic E-state index is 11.9. The van der Waals surface area contributed by atoms with E-state index in [1.54, 1.807) is 6.26 Å². The van der Waals surface area contributed by atoms with Gasteiger partial charge in [0.1, 0.15) is 5.76 Å². The van der Waals surface area contributed by atoms with Crippen LogP contribution in [0.4, 0.5) is 5.69 Å². The molecule has 0 unspecified atom stereocenters. The van der Waals surface area contributed by atoms with E-state index in [0.717, 1.165) is 21.5 Å². The number of hydrogen-bond acceptors (Lipinski definition) is 3. The van der Waals surface area contributed by atoms with Crippen LogP contribution in [-0.4, -0.2) is 12.5 Å². The molecule has 0 bridgehead atoms. The summed E-state index contributed by atoms with van der Waals surface area (Å²) in [4.78, 5) is 11.9. The van der Waals surface area contributed by atoms with E-state index in [4.69, 9.17) is 4.42 Å². The molecule has 1 atom stereocenters. The molecule has 0 radical (unpaired) electrons. The molecule has 2 rings (SSSR count). The maximum Gasteiger partial charge on any atom is 0.238 e. The van der Waals surface area contributed by atoms with Crippen LogP contribution in [0.1, 0.15) is 24.3 Å². The van der Waals surface area contributed by atoms with Crippen molar-refractivity contribution in [3.05, 3.63) is 52.4 Å². The fourth-order valence-corrected chi connectivity index (χ4v) is 2.06. The SMILES string of the molecule is Cc1cc(NC(=O)CN[C@H](C)c2ccco2)ccc1Br. The molecule has 0 saturated heterocycles. The number of anilines is 1. The lowest BCUT2D eigenvalue weighted by Crippen LogP contribution is -2.29. The molecule has 0 fully saturated rings. The molecule has 2 aromatic rings. The van der Waals surface area contributed by atoms with Crippen molar-refractivity contribution in [3.63, 3.8) is 0 Å². The van der Waals surface area contributed by atoms with Crippen molar-refractivity contribution in [2.24, 2.45) is 0 Å². The summed E-state index contributed by atoms with van der Waals surface area (Å²) in [6, 6.07) is 9.43. The van der Waals surface area contributed by atoms with E-state index in [1.165, 1.54) is 0 Å². The minimum Gasteiger partial charge on any atom is -0.468 e. The van der Waals surface area contributed by atoms with Gasteiger partial charge in [0.05, 0.1) is 18.8 Å². The summed E-state index contributed by atoms with van der Waals surface area (Å²) in [5.74, 6) is 0.738. The first-order chi connectivity index (χ1) is 9.56. The number of furan rings is 1. The zero-order valence-corrected chi connectivity index (χ0v) is 13.0. The highest BCUT2D eigenvalue weighted by Crippen LogP contribution is 2.20. The average molecular weight is 337 g/mol. The predicted molar refractivity (Wildman–Crippen MR) is 82.6 cm³/mol. The van der Waals surface area contributed by atoms with Gasteiger partial charge in [-0.25, -0.2) is 0 Å². The summed E-state index contributed by atoms with van der Waals surface area (Å²) in [5, 5.41) is 5.97. The molecule has 1 heterocycles. The molecule has 0 aliphatic heterocycles. The number of carbonyl (C=O) groups excluding carboxylic acids is 1. The quantitative estimate of drug-likeness (QED) is 0.876. The Hall–Kier alpha value is -1.59. The Bertz CT molecular complexity index is 582. The lowest BCUT2D eigenvalue weighted by atomic mass is 10.2. The summed E-state index contributed by atoms with van der Waals surface area (Å²) < 4.78 is 6.30. The Labute approximate surface area is 126 Å². The van der Waals surface area contributed by atoms with Gasteiger partial charge >= 0.3 is 0 Å². The molecular formula is C15H17BrN2O2. The molecule has 20 heavy (non-hydrogen) atoms. The monoisotopic (exact) mass is 336 g/mol. The Morgan fingerprint density at radius 1 is 1.40 bits per heavy atom. The molecule has 4 nitrogen and oxygen atoms in total. The summed E-state index contributed by atoms with van der Waals surface area (Å²) in [7, 11) is 0. The standard InChI is InChI=1S/C15H17BrN2O2/c1-10-8-12(5-6-13(10)16)18-15(19)9-17-11(2)14-4-3-7-20-14/h3-8,11,17H,9H2,1-2H3,(H,18,19)/t11-/m1/s1. The van der Waals surface area contributed by atoms with E-state index in [0.29, 0.717) is 0 Å². The third kappa shape index (κ3) is 3.95. The second kappa shape index (κ2) is 6.72. The first kappa shape index (κ1) is 14.8. The van der Waals surface area contributed by atoms with Gasteiger partial charge in [-0.1, -0.05) is 15.9 Å². The van der Waals surface area contributed by atoms with Gasteiger partial charge in [0.25, 0.3) is 0 Å². The molecular weight excluding hydrogens is 320 g/mol. The van der Waals surface area contributed by atoms with Crippen LogP contribution in [0.3, 0.4) is 0 Å². The summed E-state index contributed by atoms with van der Waals surface area (Å²) in [6.07, 6.45) is 1.62. The van der Waals surface area contributed by atoms with E-state index >= 15 is 0 Å². The molecule has 0 aliphatic carbocycles. The third-order valence-electron chi connectivity index (χ3n) is 2.98. The summed E-state index contributed by atoms with van der Waals surface area (Å²) in [5.41, 5.74) is 1.88. The molecule has 1 aromatic heterocycles. The number of nitrogens with one attached hydrogen (secondary N) is 2. The Kier molecular flexibility index (Phi) is 4.98. The van der Waals surface area contributed by atoms with E-state index in [2.05, 4.69) is 26.6 Å². The Balaban J connectivity index is 1.85. The molecule has 106 valence electrons. The lowest BCUT2D eigenvalue weighted by Gasteiger charge is -2.12. The minimum absolute atomic E-state index is 0.00223. The van der Waals surface area contributed by atoms with Crippen LogP contribution in [0.2, 0.25) is 0 Å². The first-order valence-corrected chi connectivity index (χ1v) is 7.18. The topological polar surface area (TPSA) is 54.3 Å².